The SMILES string of the molecule is CC(C)c1cccc(C(C)C)c1[N+]1=CC(C)(c2ccccc2)CC1(C)C.[Cl-]. The molecule has 0 spiro atoms. The van der Waals surface area contributed by atoms with E-state index in [0.717, 1.165) is 6.42 Å². The molecule has 0 saturated heterocycles. The van der Waals surface area contributed by atoms with E-state index in [-0.39, 0.29) is 23.4 Å². The maximum Gasteiger partial charge on any atom is 0.212 e. The Morgan fingerprint density at radius 1 is 0.778 bits per heavy atom. The summed E-state index contributed by atoms with van der Waals surface area (Å²) in [6, 6.07) is 17.8. The van der Waals surface area contributed by atoms with Crippen LogP contribution in [0, 0.1) is 0 Å². The molecule has 0 aliphatic carbocycles. The van der Waals surface area contributed by atoms with Crippen LogP contribution >= 0.6 is 0 Å². The first-order valence-electron chi connectivity index (χ1n) is 9.99. The highest BCUT2D eigenvalue weighted by Crippen LogP contribution is 2.45. The summed E-state index contributed by atoms with van der Waals surface area (Å²) in [5, 5.41) is 0. The molecular formula is C25H34ClN. The fraction of sp³-hybridized carbons (Fsp3) is 0.480. The molecule has 3 rings (SSSR count). The molecule has 1 atom stereocenters. The van der Waals surface area contributed by atoms with E-state index in [1.165, 1.54) is 22.4 Å². The maximum absolute atomic E-state index is 2.59. The van der Waals surface area contributed by atoms with E-state index in [4.69, 9.17) is 0 Å². The first-order chi connectivity index (χ1) is 12.2. The van der Waals surface area contributed by atoms with Crippen molar-refractivity contribution in [2.75, 3.05) is 0 Å². The third kappa shape index (κ3) is 3.99. The number of rotatable bonds is 4. The smallest absolute Gasteiger partial charge is 0.212 e. The Balaban J connectivity index is 0.00000261. The zero-order chi connectivity index (χ0) is 19.1. The average Bonchev–Trinajstić information content (AvgIpc) is 2.85. The van der Waals surface area contributed by atoms with E-state index in [0.29, 0.717) is 11.8 Å². The lowest BCUT2D eigenvalue weighted by Crippen LogP contribution is -3.00. The molecule has 0 radical (unpaired) electrons. The van der Waals surface area contributed by atoms with Gasteiger partial charge in [0, 0.05) is 31.4 Å². The van der Waals surface area contributed by atoms with Gasteiger partial charge in [-0.1, -0.05) is 76.2 Å². The second-order valence-electron chi connectivity index (χ2n) is 9.37. The topological polar surface area (TPSA) is 3.01 Å². The van der Waals surface area contributed by atoms with E-state index < -0.39 is 0 Å². The second-order valence-corrected chi connectivity index (χ2v) is 9.37. The Morgan fingerprint density at radius 3 is 1.78 bits per heavy atom. The van der Waals surface area contributed by atoms with Crippen LogP contribution in [0.1, 0.15) is 83.4 Å². The van der Waals surface area contributed by atoms with E-state index in [1.807, 2.05) is 0 Å². The number of benzene rings is 2. The van der Waals surface area contributed by atoms with Gasteiger partial charge in [0.05, 0.1) is 5.41 Å². The molecule has 27 heavy (non-hydrogen) atoms. The van der Waals surface area contributed by atoms with Gasteiger partial charge in [-0.05, 0) is 24.3 Å². The highest BCUT2D eigenvalue weighted by atomic mass is 35.5. The molecular weight excluding hydrogens is 350 g/mol. The predicted molar refractivity (Wildman–Crippen MR) is 113 cm³/mol. The van der Waals surface area contributed by atoms with Crippen molar-refractivity contribution in [3.8, 4) is 0 Å². The average molecular weight is 384 g/mol. The van der Waals surface area contributed by atoms with Crippen molar-refractivity contribution in [1.82, 2.24) is 0 Å². The Kier molecular flexibility index (Phi) is 6.26. The van der Waals surface area contributed by atoms with Gasteiger partial charge in [0.15, 0.2) is 11.8 Å². The monoisotopic (exact) mass is 383 g/mol. The van der Waals surface area contributed by atoms with Crippen molar-refractivity contribution < 1.29 is 17.0 Å². The zero-order valence-electron chi connectivity index (χ0n) is 17.9. The Labute approximate surface area is 171 Å². The van der Waals surface area contributed by atoms with Gasteiger partial charge in [-0.15, -0.1) is 0 Å². The Hall–Kier alpha value is -1.60. The van der Waals surface area contributed by atoms with Crippen molar-refractivity contribution in [3.05, 3.63) is 65.2 Å². The van der Waals surface area contributed by atoms with Gasteiger partial charge >= 0.3 is 0 Å². The summed E-state index contributed by atoms with van der Waals surface area (Å²) in [5.41, 5.74) is 5.89. The molecule has 0 bridgehead atoms. The van der Waals surface area contributed by atoms with E-state index >= 15 is 0 Å². The van der Waals surface area contributed by atoms with Gasteiger partial charge in [-0.25, -0.2) is 0 Å². The third-order valence-electron chi connectivity index (χ3n) is 5.88. The lowest BCUT2D eigenvalue weighted by molar-refractivity contribution is -0.513. The molecule has 1 heterocycles. The third-order valence-corrected chi connectivity index (χ3v) is 5.88. The predicted octanol–water partition coefficient (Wildman–Crippen LogP) is 3.79. The van der Waals surface area contributed by atoms with Crippen molar-refractivity contribution in [1.29, 1.82) is 0 Å². The maximum atomic E-state index is 2.59. The van der Waals surface area contributed by atoms with Crippen LogP contribution in [0.5, 0.6) is 0 Å². The van der Waals surface area contributed by atoms with E-state index in [1.54, 1.807) is 0 Å². The molecule has 1 unspecified atom stereocenters. The van der Waals surface area contributed by atoms with Crippen LogP contribution in [-0.4, -0.2) is 16.3 Å². The number of hydrogen-bond donors (Lipinski definition) is 0. The largest absolute Gasteiger partial charge is 1.00 e. The highest BCUT2D eigenvalue weighted by Gasteiger charge is 2.50. The molecule has 1 aliphatic heterocycles. The van der Waals surface area contributed by atoms with E-state index in [9.17, 15) is 0 Å². The zero-order valence-corrected chi connectivity index (χ0v) is 18.6. The summed E-state index contributed by atoms with van der Waals surface area (Å²) >= 11 is 0. The summed E-state index contributed by atoms with van der Waals surface area (Å²) in [6.07, 6.45) is 3.61. The van der Waals surface area contributed by atoms with Gasteiger partial charge < -0.3 is 12.4 Å². The van der Waals surface area contributed by atoms with Crippen molar-refractivity contribution in [2.45, 2.75) is 77.7 Å². The molecule has 2 heteroatoms. The molecule has 2 aromatic rings. The van der Waals surface area contributed by atoms with Crippen LogP contribution in [0.4, 0.5) is 5.69 Å². The van der Waals surface area contributed by atoms with Gasteiger partial charge in [0.1, 0.15) is 0 Å². The quantitative estimate of drug-likeness (QED) is 0.706. The second kappa shape index (κ2) is 7.80. The molecule has 0 aromatic heterocycles. The van der Waals surface area contributed by atoms with Gasteiger partial charge in [-0.3, -0.25) is 0 Å². The fourth-order valence-electron chi connectivity index (χ4n) is 4.64. The van der Waals surface area contributed by atoms with Crippen LogP contribution in [0.25, 0.3) is 0 Å². The minimum Gasteiger partial charge on any atom is -1.00 e. The Bertz CT molecular complexity index is 791. The van der Waals surface area contributed by atoms with Gasteiger partial charge in [-0.2, -0.15) is 4.58 Å². The Morgan fingerprint density at radius 2 is 1.30 bits per heavy atom. The molecule has 146 valence electrons. The highest BCUT2D eigenvalue weighted by molar-refractivity contribution is 5.73. The summed E-state index contributed by atoms with van der Waals surface area (Å²) in [7, 11) is 0. The normalized spacial score (nSPS) is 21.3. The summed E-state index contributed by atoms with van der Waals surface area (Å²) in [5.74, 6) is 1.02. The molecule has 0 amide bonds. The lowest BCUT2D eigenvalue weighted by Gasteiger charge is -2.24. The minimum atomic E-state index is 0. The molecule has 0 fully saturated rings. The number of para-hydroxylation sites is 1. The molecule has 1 aliphatic rings. The molecule has 2 aromatic carbocycles. The number of halogens is 1. The van der Waals surface area contributed by atoms with Crippen LogP contribution < -0.4 is 12.4 Å². The summed E-state index contributed by atoms with van der Waals surface area (Å²) in [4.78, 5) is 0. The molecule has 0 N–H and O–H groups in total. The molecule has 0 saturated carbocycles. The van der Waals surface area contributed by atoms with Crippen molar-refractivity contribution in [3.63, 3.8) is 0 Å². The number of hydrogen-bond acceptors (Lipinski definition) is 0. The van der Waals surface area contributed by atoms with E-state index in [2.05, 4.69) is 108 Å². The van der Waals surface area contributed by atoms with Crippen LogP contribution in [-0.2, 0) is 5.41 Å². The standard InChI is InChI=1S/C25H34N.ClH/c1-18(2)21-14-11-15-22(19(3)4)23(21)26-17-25(7,16-24(26,5)6)20-12-9-8-10-13-20;/h8-15,17-19H,16H2,1-7H3;1H/q+1;/p-1. The van der Waals surface area contributed by atoms with Crippen LogP contribution in [0.2, 0.25) is 0 Å². The van der Waals surface area contributed by atoms with Gasteiger partial charge in [0.25, 0.3) is 0 Å². The fourth-order valence-corrected chi connectivity index (χ4v) is 4.64. The van der Waals surface area contributed by atoms with Crippen molar-refractivity contribution >= 4 is 11.9 Å². The van der Waals surface area contributed by atoms with Crippen molar-refractivity contribution in [2.24, 2.45) is 0 Å². The van der Waals surface area contributed by atoms with Crippen LogP contribution in [0.3, 0.4) is 0 Å². The number of nitrogens with zero attached hydrogens (tertiary/aromatic N) is 1. The van der Waals surface area contributed by atoms with Gasteiger partial charge in [0.2, 0.25) is 5.69 Å². The lowest BCUT2D eigenvalue weighted by atomic mass is 9.77. The summed E-state index contributed by atoms with van der Waals surface area (Å²) < 4.78 is 2.59. The first kappa shape index (κ1) is 21.7. The summed E-state index contributed by atoms with van der Waals surface area (Å²) in [6.45, 7) is 16.4. The minimum absolute atomic E-state index is 0. The first-order valence-corrected chi connectivity index (χ1v) is 9.99. The van der Waals surface area contributed by atoms with Crippen LogP contribution in [0.15, 0.2) is 48.5 Å². The molecule has 1 nitrogen and oxygen atoms in total.